The number of anilines is 1. The number of ether oxygens (including phenoxy) is 3. The van der Waals surface area contributed by atoms with Crippen molar-refractivity contribution in [1.29, 1.82) is 0 Å². The maximum absolute atomic E-state index is 14.9. The number of carbonyl (C=O) groups is 3. The third-order valence-electron chi connectivity index (χ3n) is 8.03. The second kappa shape index (κ2) is 19.8. The Morgan fingerprint density at radius 1 is 0.846 bits per heavy atom. The van der Waals surface area contributed by atoms with Crippen LogP contribution in [0.4, 0.5) is 10.5 Å². The van der Waals surface area contributed by atoms with Crippen molar-refractivity contribution in [2.75, 3.05) is 38.3 Å². The molecule has 2 unspecified atom stereocenters. The summed E-state index contributed by atoms with van der Waals surface area (Å²) >= 11 is 12.3. The van der Waals surface area contributed by atoms with Crippen LogP contribution < -0.4 is 14.4 Å². The first-order valence-corrected chi connectivity index (χ1v) is 18.9. The summed E-state index contributed by atoms with van der Waals surface area (Å²) in [6.45, 7) is 8.45. The number of hydrogen-bond donors (Lipinski definition) is 2. The standard InChI is InChI=1S/C36H46Cl2N4O9S/c1-7-50-33(51-8-2)23-40(24(3)4)34(43)25(5)42(29-17-14-27(37)15-18-29)35(44)30(41(36(45)46)22-26-12-10-9-11-13-26)21-39-52(47,48)32-20-28(38)16-19-31(32)49-6/h9-20,24-25,30,33,39H,7-8,21-23H2,1-6H3,(H,45,46). The molecular weight excluding hydrogens is 735 g/mol. The van der Waals surface area contributed by atoms with Crippen LogP contribution in [0.1, 0.15) is 40.2 Å². The van der Waals surface area contributed by atoms with Gasteiger partial charge < -0.3 is 24.2 Å². The Morgan fingerprint density at radius 3 is 1.98 bits per heavy atom. The van der Waals surface area contributed by atoms with Gasteiger partial charge in [-0.05, 0) is 82.6 Å². The number of halogens is 2. The van der Waals surface area contributed by atoms with E-state index in [1.54, 1.807) is 44.2 Å². The molecule has 3 amide bonds. The minimum atomic E-state index is -4.44. The summed E-state index contributed by atoms with van der Waals surface area (Å²) in [4.78, 5) is 45.5. The van der Waals surface area contributed by atoms with Gasteiger partial charge in [-0.15, -0.1) is 0 Å². The number of methoxy groups -OCH3 is 1. The van der Waals surface area contributed by atoms with E-state index in [0.29, 0.717) is 23.8 Å². The van der Waals surface area contributed by atoms with E-state index in [1.165, 1.54) is 61.4 Å². The molecule has 13 nitrogen and oxygen atoms in total. The van der Waals surface area contributed by atoms with Gasteiger partial charge in [-0.1, -0.05) is 53.5 Å². The van der Waals surface area contributed by atoms with Crippen LogP contribution in [0, 0.1) is 0 Å². The predicted molar refractivity (Wildman–Crippen MR) is 199 cm³/mol. The highest BCUT2D eigenvalue weighted by Crippen LogP contribution is 2.28. The minimum Gasteiger partial charge on any atom is -0.495 e. The fraction of sp³-hybridized carbons (Fsp3) is 0.417. The van der Waals surface area contributed by atoms with Crippen molar-refractivity contribution in [3.8, 4) is 5.75 Å². The van der Waals surface area contributed by atoms with E-state index in [2.05, 4.69) is 4.72 Å². The van der Waals surface area contributed by atoms with Gasteiger partial charge >= 0.3 is 6.09 Å². The van der Waals surface area contributed by atoms with Crippen molar-refractivity contribution < 1.29 is 42.1 Å². The molecule has 2 atom stereocenters. The van der Waals surface area contributed by atoms with E-state index in [4.69, 9.17) is 37.4 Å². The summed E-state index contributed by atoms with van der Waals surface area (Å²) in [5, 5.41) is 11.0. The molecule has 52 heavy (non-hydrogen) atoms. The van der Waals surface area contributed by atoms with Gasteiger partial charge in [0.25, 0.3) is 5.91 Å². The molecular formula is C36H46Cl2N4O9S. The minimum absolute atomic E-state index is 0.0210. The average molecular weight is 782 g/mol. The molecule has 0 radical (unpaired) electrons. The molecule has 0 saturated heterocycles. The first-order valence-electron chi connectivity index (χ1n) is 16.6. The number of benzene rings is 3. The second-order valence-corrected chi connectivity index (χ2v) is 14.5. The Bertz CT molecular complexity index is 1740. The van der Waals surface area contributed by atoms with Gasteiger partial charge in [0.2, 0.25) is 15.9 Å². The van der Waals surface area contributed by atoms with Crippen LogP contribution in [0.5, 0.6) is 5.75 Å². The van der Waals surface area contributed by atoms with Crippen LogP contribution in [-0.4, -0.2) is 99.1 Å². The molecule has 3 aromatic carbocycles. The Morgan fingerprint density at radius 2 is 1.44 bits per heavy atom. The molecule has 0 bridgehead atoms. The topological polar surface area (TPSA) is 155 Å². The summed E-state index contributed by atoms with van der Waals surface area (Å²) in [6, 6.07) is 15.3. The summed E-state index contributed by atoms with van der Waals surface area (Å²) in [5.41, 5.74) is 0.757. The molecule has 2 N–H and O–H groups in total. The van der Waals surface area contributed by atoms with Gasteiger partial charge in [0, 0.05) is 48.1 Å². The lowest BCUT2D eigenvalue weighted by Gasteiger charge is -2.39. The lowest BCUT2D eigenvalue weighted by molar-refractivity contribution is -0.162. The van der Waals surface area contributed by atoms with Crippen molar-refractivity contribution in [2.45, 2.75) is 70.5 Å². The van der Waals surface area contributed by atoms with Gasteiger partial charge in [-0.2, -0.15) is 0 Å². The van der Waals surface area contributed by atoms with Crippen molar-refractivity contribution in [2.24, 2.45) is 0 Å². The highest BCUT2D eigenvalue weighted by molar-refractivity contribution is 7.89. The van der Waals surface area contributed by atoms with Crippen molar-refractivity contribution in [3.63, 3.8) is 0 Å². The van der Waals surface area contributed by atoms with Crippen molar-refractivity contribution in [3.05, 3.63) is 88.4 Å². The summed E-state index contributed by atoms with van der Waals surface area (Å²) in [5.74, 6) is -1.39. The van der Waals surface area contributed by atoms with Crippen LogP contribution in [-0.2, 0) is 35.6 Å². The first-order chi connectivity index (χ1) is 24.6. The molecule has 0 saturated carbocycles. The maximum Gasteiger partial charge on any atom is 0.408 e. The zero-order valence-corrected chi connectivity index (χ0v) is 32.3. The van der Waals surface area contributed by atoms with Crippen LogP contribution in [0.25, 0.3) is 0 Å². The quantitative estimate of drug-likeness (QED) is 0.142. The number of rotatable bonds is 19. The Hall–Kier alpha value is -3.92. The molecule has 0 aliphatic rings. The van der Waals surface area contributed by atoms with Crippen LogP contribution in [0.3, 0.4) is 0 Å². The van der Waals surface area contributed by atoms with Gasteiger partial charge in [0.15, 0.2) is 6.29 Å². The van der Waals surface area contributed by atoms with E-state index < -0.39 is 52.8 Å². The molecule has 3 rings (SSSR count). The molecule has 0 aliphatic heterocycles. The second-order valence-electron chi connectivity index (χ2n) is 11.8. The number of nitrogens with one attached hydrogen (secondary N) is 1. The number of carbonyl (C=O) groups excluding carboxylic acids is 2. The number of hydrogen-bond acceptors (Lipinski definition) is 8. The van der Waals surface area contributed by atoms with E-state index >= 15 is 0 Å². The summed E-state index contributed by atoms with van der Waals surface area (Å²) in [6.07, 6.45) is -2.25. The number of amides is 3. The molecule has 284 valence electrons. The fourth-order valence-electron chi connectivity index (χ4n) is 5.44. The Kier molecular flexibility index (Phi) is 16.2. The van der Waals surface area contributed by atoms with E-state index in [-0.39, 0.29) is 40.5 Å². The van der Waals surface area contributed by atoms with E-state index in [9.17, 15) is 27.9 Å². The maximum atomic E-state index is 14.9. The van der Waals surface area contributed by atoms with E-state index in [1.807, 2.05) is 13.8 Å². The Balaban J connectivity index is 2.16. The highest BCUT2D eigenvalue weighted by atomic mass is 35.5. The number of sulfonamides is 1. The predicted octanol–water partition coefficient (Wildman–Crippen LogP) is 5.89. The molecule has 0 aliphatic carbocycles. The van der Waals surface area contributed by atoms with Crippen LogP contribution >= 0.6 is 23.2 Å². The van der Waals surface area contributed by atoms with Crippen LogP contribution in [0.2, 0.25) is 10.0 Å². The van der Waals surface area contributed by atoms with Crippen molar-refractivity contribution >= 4 is 56.8 Å². The third-order valence-corrected chi connectivity index (χ3v) is 9.96. The molecule has 0 spiro atoms. The SMILES string of the molecule is CCOC(CN(C(=O)C(C)N(C(=O)C(CNS(=O)(=O)c1cc(Cl)ccc1OC)N(Cc1ccccc1)C(=O)O)c1ccc(Cl)cc1)C(C)C)OCC. The molecule has 0 aromatic heterocycles. The smallest absolute Gasteiger partial charge is 0.408 e. The molecule has 0 heterocycles. The van der Waals surface area contributed by atoms with Gasteiger partial charge in [0.05, 0.1) is 13.7 Å². The lowest BCUT2D eigenvalue weighted by Crippen LogP contribution is -2.60. The zero-order chi connectivity index (χ0) is 38.6. The first kappa shape index (κ1) is 42.5. The average Bonchev–Trinajstić information content (AvgIpc) is 3.11. The molecule has 16 heteroatoms. The van der Waals surface area contributed by atoms with Crippen LogP contribution in [0.15, 0.2) is 77.7 Å². The fourth-order valence-corrected chi connectivity index (χ4v) is 7.04. The van der Waals surface area contributed by atoms with Gasteiger partial charge in [-0.25, -0.2) is 17.9 Å². The monoisotopic (exact) mass is 780 g/mol. The van der Waals surface area contributed by atoms with Gasteiger partial charge in [0.1, 0.15) is 22.7 Å². The summed E-state index contributed by atoms with van der Waals surface area (Å²) < 4.78 is 46.4. The number of nitrogens with zero attached hydrogens (tertiary/aromatic N) is 3. The number of carboxylic acid groups (broad SMARTS) is 1. The van der Waals surface area contributed by atoms with Crippen molar-refractivity contribution in [1.82, 2.24) is 14.5 Å². The normalized spacial score (nSPS) is 12.7. The third kappa shape index (κ3) is 11.3. The Labute approximate surface area is 315 Å². The highest BCUT2D eigenvalue weighted by Gasteiger charge is 2.40. The molecule has 3 aromatic rings. The van der Waals surface area contributed by atoms with Gasteiger partial charge in [-0.3, -0.25) is 19.4 Å². The largest absolute Gasteiger partial charge is 0.495 e. The lowest BCUT2D eigenvalue weighted by atomic mass is 10.1. The van der Waals surface area contributed by atoms with E-state index in [0.717, 1.165) is 9.80 Å². The molecule has 0 fully saturated rings. The zero-order valence-electron chi connectivity index (χ0n) is 30.0. The summed E-state index contributed by atoms with van der Waals surface area (Å²) in [7, 11) is -3.15.